The molecule has 1 aromatic heterocycles. The summed E-state index contributed by atoms with van der Waals surface area (Å²) in [6.07, 6.45) is 3.06. The normalized spacial score (nSPS) is 15.9. The summed E-state index contributed by atoms with van der Waals surface area (Å²) in [5, 5.41) is 15.9. The highest BCUT2D eigenvalue weighted by molar-refractivity contribution is 6.31. The molecule has 5 nitrogen and oxygen atoms in total. The molecule has 23 heavy (non-hydrogen) atoms. The molecular formula is C16H17ClFN3O2. The molecule has 1 aromatic carbocycles. The molecule has 2 heterocycles. The highest BCUT2D eigenvalue weighted by Gasteiger charge is 2.26. The Labute approximate surface area is 138 Å². The van der Waals surface area contributed by atoms with Gasteiger partial charge in [-0.3, -0.25) is 9.89 Å². The lowest BCUT2D eigenvalue weighted by Crippen LogP contribution is -2.39. The molecule has 1 saturated heterocycles. The zero-order valence-corrected chi connectivity index (χ0v) is 13.2. The van der Waals surface area contributed by atoms with E-state index in [0.717, 1.165) is 12.8 Å². The van der Waals surface area contributed by atoms with Crippen molar-refractivity contribution in [2.75, 3.05) is 19.7 Å². The van der Waals surface area contributed by atoms with Crippen molar-refractivity contribution in [1.82, 2.24) is 15.1 Å². The number of piperidine rings is 1. The number of aromatic nitrogens is 2. The number of aromatic amines is 1. The lowest BCUT2D eigenvalue weighted by molar-refractivity contribution is 0.0651. The van der Waals surface area contributed by atoms with Gasteiger partial charge in [0.1, 0.15) is 5.82 Å². The zero-order valence-electron chi connectivity index (χ0n) is 12.4. The van der Waals surface area contributed by atoms with Crippen LogP contribution in [0, 0.1) is 11.7 Å². The molecule has 1 aliphatic rings. The van der Waals surface area contributed by atoms with E-state index in [1.54, 1.807) is 11.0 Å². The van der Waals surface area contributed by atoms with Crippen LogP contribution < -0.4 is 0 Å². The minimum absolute atomic E-state index is 0.000686. The Hall–Kier alpha value is -1.92. The summed E-state index contributed by atoms with van der Waals surface area (Å²) in [7, 11) is 0. The number of carbonyl (C=O) groups excluding carboxylic acids is 1. The van der Waals surface area contributed by atoms with E-state index >= 15 is 0 Å². The number of hydrogen-bond donors (Lipinski definition) is 2. The van der Waals surface area contributed by atoms with Crippen molar-refractivity contribution in [3.63, 3.8) is 0 Å². The van der Waals surface area contributed by atoms with Crippen LogP contribution in [0.4, 0.5) is 4.39 Å². The fraction of sp³-hybridized carbons (Fsp3) is 0.375. The fourth-order valence-electron chi connectivity index (χ4n) is 2.81. The third-order valence-corrected chi connectivity index (χ3v) is 4.53. The summed E-state index contributed by atoms with van der Waals surface area (Å²) < 4.78 is 13.3. The number of aliphatic hydroxyl groups is 1. The van der Waals surface area contributed by atoms with Crippen LogP contribution in [-0.4, -0.2) is 45.8 Å². The molecule has 0 saturated carbocycles. The van der Waals surface area contributed by atoms with Crippen molar-refractivity contribution in [3.8, 4) is 11.3 Å². The molecular weight excluding hydrogens is 321 g/mol. The highest BCUT2D eigenvalue weighted by atomic mass is 35.5. The molecule has 3 rings (SSSR count). The van der Waals surface area contributed by atoms with Crippen molar-refractivity contribution in [3.05, 3.63) is 40.8 Å². The predicted molar refractivity (Wildman–Crippen MR) is 84.7 cm³/mol. The standard InChI is InChI=1S/C16H17ClFN3O2/c17-13-7-11(1-2-14(13)18)15-12(8-19-20-15)16(23)21-5-3-10(9-22)4-6-21/h1-2,7-8,10,22H,3-6,9H2,(H,19,20). The first kappa shape index (κ1) is 16.0. The maximum Gasteiger partial charge on any atom is 0.257 e. The average Bonchev–Trinajstić information content (AvgIpc) is 3.06. The van der Waals surface area contributed by atoms with Crippen LogP contribution in [-0.2, 0) is 0 Å². The maximum absolute atomic E-state index is 13.3. The smallest absolute Gasteiger partial charge is 0.257 e. The number of nitrogens with zero attached hydrogens (tertiary/aromatic N) is 2. The monoisotopic (exact) mass is 337 g/mol. The summed E-state index contributed by atoms with van der Waals surface area (Å²) in [6.45, 7) is 1.38. The van der Waals surface area contributed by atoms with E-state index in [-0.39, 0.29) is 23.5 Å². The van der Waals surface area contributed by atoms with Gasteiger partial charge in [-0.2, -0.15) is 5.10 Å². The van der Waals surface area contributed by atoms with E-state index in [1.807, 2.05) is 0 Å². The fourth-order valence-corrected chi connectivity index (χ4v) is 2.99. The maximum atomic E-state index is 13.3. The van der Waals surface area contributed by atoms with Gasteiger partial charge in [-0.05, 0) is 37.0 Å². The van der Waals surface area contributed by atoms with Gasteiger partial charge >= 0.3 is 0 Å². The van der Waals surface area contributed by atoms with E-state index in [9.17, 15) is 14.3 Å². The molecule has 0 unspecified atom stereocenters. The van der Waals surface area contributed by atoms with E-state index in [4.69, 9.17) is 11.6 Å². The van der Waals surface area contributed by atoms with Gasteiger partial charge < -0.3 is 10.0 Å². The molecule has 2 aromatic rings. The lowest BCUT2D eigenvalue weighted by atomic mass is 9.97. The highest BCUT2D eigenvalue weighted by Crippen LogP contribution is 2.27. The number of carbonyl (C=O) groups is 1. The van der Waals surface area contributed by atoms with Crippen molar-refractivity contribution in [2.45, 2.75) is 12.8 Å². The van der Waals surface area contributed by atoms with Gasteiger partial charge in [0, 0.05) is 25.3 Å². The average molecular weight is 338 g/mol. The Morgan fingerprint density at radius 2 is 2.17 bits per heavy atom. The number of halogens is 2. The number of amides is 1. The molecule has 1 aliphatic heterocycles. The van der Waals surface area contributed by atoms with Gasteiger partial charge in [0.25, 0.3) is 5.91 Å². The van der Waals surface area contributed by atoms with Gasteiger partial charge in [0.2, 0.25) is 0 Å². The summed E-state index contributed by atoms with van der Waals surface area (Å²) >= 11 is 5.82. The number of H-pyrrole nitrogens is 1. The Kier molecular flexibility index (Phi) is 4.63. The van der Waals surface area contributed by atoms with Crippen molar-refractivity contribution in [1.29, 1.82) is 0 Å². The topological polar surface area (TPSA) is 69.2 Å². The second-order valence-corrected chi connectivity index (χ2v) is 6.11. The molecule has 2 N–H and O–H groups in total. The number of rotatable bonds is 3. The molecule has 0 aliphatic carbocycles. The van der Waals surface area contributed by atoms with Gasteiger partial charge in [-0.1, -0.05) is 11.6 Å². The molecule has 1 fully saturated rings. The first-order chi connectivity index (χ1) is 11.1. The van der Waals surface area contributed by atoms with Gasteiger partial charge in [-0.25, -0.2) is 4.39 Å². The molecule has 7 heteroatoms. The minimum Gasteiger partial charge on any atom is -0.396 e. The third-order valence-electron chi connectivity index (χ3n) is 4.24. The van der Waals surface area contributed by atoms with Crippen LogP contribution in [0.2, 0.25) is 5.02 Å². The largest absolute Gasteiger partial charge is 0.396 e. The molecule has 0 bridgehead atoms. The summed E-state index contributed by atoms with van der Waals surface area (Å²) in [5.74, 6) is -0.363. The van der Waals surface area contributed by atoms with Crippen LogP contribution >= 0.6 is 11.6 Å². The van der Waals surface area contributed by atoms with Crippen LogP contribution in [0.3, 0.4) is 0 Å². The number of benzene rings is 1. The van der Waals surface area contributed by atoms with Gasteiger partial charge in [-0.15, -0.1) is 0 Å². The number of hydrogen-bond acceptors (Lipinski definition) is 3. The SMILES string of the molecule is O=C(c1cn[nH]c1-c1ccc(F)c(Cl)c1)N1CCC(CO)CC1. The number of aliphatic hydroxyl groups excluding tert-OH is 1. The molecule has 122 valence electrons. The van der Waals surface area contributed by atoms with Crippen LogP contribution in [0.5, 0.6) is 0 Å². The van der Waals surface area contributed by atoms with Crippen molar-refractivity contribution >= 4 is 17.5 Å². The van der Waals surface area contributed by atoms with Crippen LogP contribution in [0.1, 0.15) is 23.2 Å². The Morgan fingerprint density at radius 3 is 2.83 bits per heavy atom. The Morgan fingerprint density at radius 1 is 1.43 bits per heavy atom. The van der Waals surface area contributed by atoms with E-state index < -0.39 is 5.82 Å². The summed E-state index contributed by atoms with van der Waals surface area (Å²) in [6, 6.07) is 4.29. The molecule has 0 atom stereocenters. The Balaban J connectivity index is 1.83. The first-order valence-electron chi connectivity index (χ1n) is 7.49. The predicted octanol–water partition coefficient (Wildman–Crippen LogP) is 2.71. The van der Waals surface area contributed by atoms with E-state index in [0.29, 0.717) is 29.9 Å². The van der Waals surface area contributed by atoms with E-state index in [2.05, 4.69) is 10.2 Å². The number of likely N-dealkylation sites (tertiary alicyclic amines) is 1. The first-order valence-corrected chi connectivity index (χ1v) is 7.87. The van der Waals surface area contributed by atoms with Crippen LogP contribution in [0.25, 0.3) is 11.3 Å². The molecule has 0 spiro atoms. The second kappa shape index (κ2) is 6.68. The summed E-state index contributed by atoms with van der Waals surface area (Å²) in [5.41, 5.74) is 1.58. The summed E-state index contributed by atoms with van der Waals surface area (Å²) in [4.78, 5) is 14.5. The number of nitrogens with one attached hydrogen (secondary N) is 1. The van der Waals surface area contributed by atoms with Crippen molar-refractivity contribution < 1.29 is 14.3 Å². The second-order valence-electron chi connectivity index (χ2n) is 5.71. The third kappa shape index (κ3) is 3.23. The van der Waals surface area contributed by atoms with E-state index in [1.165, 1.54) is 18.3 Å². The van der Waals surface area contributed by atoms with Crippen molar-refractivity contribution in [2.24, 2.45) is 5.92 Å². The zero-order chi connectivity index (χ0) is 16.4. The Bertz CT molecular complexity index is 711. The quantitative estimate of drug-likeness (QED) is 0.904. The van der Waals surface area contributed by atoms with Gasteiger partial charge in [0.05, 0.1) is 22.5 Å². The van der Waals surface area contributed by atoms with Gasteiger partial charge in [0.15, 0.2) is 0 Å². The molecule has 0 radical (unpaired) electrons. The minimum atomic E-state index is -0.506. The lowest BCUT2D eigenvalue weighted by Gasteiger charge is -2.31. The van der Waals surface area contributed by atoms with Crippen LogP contribution in [0.15, 0.2) is 24.4 Å². The molecule has 1 amide bonds.